The average Bonchev–Trinajstić information content (AvgIpc) is 2.46. The summed E-state index contributed by atoms with van der Waals surface area (Å²) in [5.41, 5.74) is -19.7. The lowest BCUT2D eigenvalue weighted by Gasteiger charge is -2.46. The number of hydrogen-bond donors (Lipinski definition) is 0. The van der Waals surface area contributed by atoms with Crippen molar-refractivity contribution in [1.29, 1.82) is 0 Å². The molecule has 0 aromatic rings. The maximum Gasteiger partial charge on any atom is 0.434 e. The van der Waals surface area contributed by atoms with Crippen LogP contribution in [0.4, 0.5) is 48.3 Å². The van der Waals surface area contributed by atoms with E-state index in [0.29, 0.717) is 0 Å². The molecule has 0 saturated carbocycles. The molecule has 3 nitrogen and oxygen atoms in total. The van der Waals surface area contributed by atoms with Crippen molar-refractivity contribution in [3.8, 4) is 0 Å². The van der Waals surface area contributed by atoms with Crippen molar-refractivity contribution >= 4 is 17.6 Å². The fourth-order valence-electron chi connectivity index (χ4n) is 2.20. The minimum absolute atomic E-state index is 0.103. The second kappa shape index (κ2) is 8.14. The lowest BCUT2D eigenvalue weighted by atomic mass is 9.84. The van der Waals surface area contributed by atoms with Gasteiger partial charge in [-0.3, -0.25) is 4.79 Å². The molecule has 0 amide bonds. The summed E-state index contributed by atoms with van der Waals surface area (Å²) in [4.78, 5) is 11.2. The highest BCUT2D eigenvalue weighted by Gasteiger charge is 2.82. The largest absolute Gasteiger partial charge is 0.461 e. The number of ether oxygens (including phenoxy) is 2. The Kier molecular flexibility index (Phi) is 7.85. The van der Waals surface area contributed by atoms with Gasteiger partial charge in [0.25, 0.3) is 5.67 Å². The zero-order valence-corrected chi connectivity index (χ0v) is 16.8. The van der Waals surface area contributed by atoms with Crippen LogP contribution in [0.25, 0.3) is 0 Å². The predicted molar refractivity (Wildman–Crippen MR) is 81.4 cm³/mol. The SMILES string of the molecule is CC(Cl)C(=O)OCC(F)(C(F)(F)F)C(C)(C)OC(F)(F)C(F)(C(C)(C)F)C(F)(F)F. The van der Waals surface area contributed by atoms with Crippen LogP contribution in [0.2, 0.25) is 0 Å². The molecular weight excluding hydrogens is 473 g/mol. The molecule has 0 radical (unpaired) electrons. The Labute approximate surface area is 168 Å². The molecule has 0 aromatic heterocycles. The third-order valence-electron chi connectivity index (χ3n) is 4.14. The van der Waals surface area contributed by atoms with Crippen molar-refractivity contribution in [1.82, 2.24) is 0 Å². The van der Waals surface area contributed by atoms with Gasteiger partial charge in [-0.25, -0.2) is 13.2 Å². The van der Waals surface area contributed by atoms with Gasteiger partial charge in [0.2, 0.25) is 0 Å². The van der Waals surface area contributed by atoms with E-state index in [0.717, 1.165) is 6.92 Å². The maximum atomic E-state index is 14.8. The molecule has 3 unspecified atom stereocenters. The third kappa shape index (κ3) is 5.05. The van der Waals surface area contributed by atoms with Crippen LogP contribution in [0.1, 0.15) is 34.6 Å². The lowest BCUT2D eigenvalue weighted by Crippen LogP contribution is -2.70. The van der Waals surface area contributed by atoms with E-state index in [-0.39, 0.29) is 27.7 Å². The minimum atomic E-state index is -6.69. The monoisotopic (exact) mass is 490 g/mol. The number of rotatable bonds is 8. The van der Waals surface area contributed by atoms with Crippen molar-refractivity contribution in [3.63, 3.8) is 0 Å². The molecule has 0 spiro atoms. The molecule has 180 valence electrons. The topological polar surface area (TPSA) is 35.5 Å². The normalized spacial score (nSPS) is 19.6. The Morgan fingerprint density at radius 1 is 0.833 bits per heavy atom. The van der Waals surface area contributed by atoms with E-state index in [1.807, 2.05) is 0 Å². The van der Waals surface area contributed by atoms with Gasteiger partial charge in [-0.1, -0.05) is 0 Å². The molecule has 0 heterocycles. The van der Waals surface area contributed by atoms with Gasteiger partial charge in [0.15, 0.2) is 5.67 Å². The van der Waals surface area contributed by atoms with E-state index < -0.39 is 59.0 Å². The van der Waals surface area contributed by atoms with Gasteiger partial charge in [0.05, 0.1) is 0 Å². The Morgan fingerprint density at radius 2 is 1.23 bits per heavy atom. The van der Waals surface area contributed by atoms with Crippen molar-refractivity contribution in [2.24, 2.45) is 0 Å². The highest BCUT2D eigenvalue weighted by Crippen LogP contribution is 2.56. The van der Waals surface area contributed by atoms with Gasteiger partial charge >= 0.3 is 30.1 Å². The Morgan fingerprint density at radius 3 is 1.50 bits per heavy atom. The zero-order valence-electron chi connectivity index (χ0n) is 16.0. The zero-order chi connectivity index (χ0) is 24.8. The molecule has 0 aromatic carbocycles. The van der Waals surface area contributed by atoms with E-state index in [2.05, 4.69) is 9.47 Å². The van der Waals surface area contributed by atoms with Gasteiger partial charge in [-0.15, -0.1) is 11.6 Å². The van der Waals surface area contributed by atoms with Crippen LogP contribution in [-0.4, -0.2) is 59.0 Å². The first kappa shape index (κ1) is 28.9. The Hall–Kier alpha value is -1.05. The van der Waals surface area contributed by atoms with Crippen LogP contribution in [0.3, 0.4) is 0 Å². The number of halogens is 12. The molecule has 0 bridgehead atoms. The first-order valence-corrected chi connectivity index (χ1v) is 8.31. The second-order valence-corrected chi connectivity index (χ2v) is 7.94. The molecule has 0 aliphatic rings. The van der Waals surface area contributed by atoms with Gasteiger partial charge in [-0.05, 0) is 34.6 Å². The molecule has 0 aliphatic heterocycles. The number of hydrogen-bond acceptors (Lipinski definition) is 3. The predicted octanol–water partition coefficient (Wildman–Crippen LogP) is 5.83. The highest BCUT2D eigenvalue weighted by atomic mass is 35.5. The summed E-state index contributed by atoms with van der Waals surface area (Å²) in [5.74, 6) is -1.63. The van der Waals surface area contributed by atoms with Crippen molar-refractivity contribution in [2.45, 2.75) is 81.1 Å². The fraction of sp³-hybridized carbons (Fsp3) is 0.933. The van der Waals surface area contributed by atoms with E-state index in [4.69, 9.17) is 11.6 Å². The minimum Gasteiger partial charge on any atom is -0.461 e. The van der Waals surface area contributed by atoms with E-state index >= 15 is 0 Å². The first-order valence-electron chi connectivity index (χ1n) is 7.87. The average molecular weight is 491 g/mol. The van der Waals surface area contributed by atoms with Gasteiger partial charge in [-0.2, -0.15) is 35.1 Å². The summed E-state index contributed by atoms with van der Waals surface area (Å²) in [6.07, 6.45) is -19.2. The van der Waals surface area contributed by atoms with Crippen LogP contribution in [0.5, 0.6) is 0 Å². The molecule has 15 heteroatoms. The summed E-state index contributed by atoms with van der Waals surface area (Å²) >= 11 is 5.21. The Bertz CT molecular complexity index is 609. The molecule has 0 rings (SSSR count). The number of carbonyl (C=O) groups is 1. The summed E-state index contributed by atoms with van der Waals surface area (Å²) in [6, 6.07) is 0. The van der Waals surface area contributed by atoms with Crippen molar-refractivity contribution in [3.05, 3.63) is 0 Å². The number of alkyl halides is 12. The third-order valence-corrected chi connectivity index (χ3v) is 4.31. The van der Waals surface area contributed by atoms with Gasteiger partial charge in [0.1, 0.15) is 17.6 Å². The fourth-order valence-corrected chi connectivity index (χ4v) is 2.27. The maximum absolute atomic E-state index is 14.8. The second-order valence-electron chi connectivity index (χ2n) is 7.28. The lowest BCUT2D eigenvalue weighted by molar-refractivity contribution is -0.443. The molecule has 0 N–H and O–H groups in total. The summed E-state index contributed by atoms with van der Waals surface area (Å²) in [5, 5.41) is -1.61. The smallest absolute Gasteiger partial charge is 0.434 e. The Balaban J connectivity index is 6.37. The quantitative estimate of drug-likeness (QED) is 0.244. The van der Waals surface area contributed by atoms with Crippen molar-refractivity contribution in [2.75, 3.05) is 6.61 Å². The van der Waals surface area contributed by atoms with Gasteiger partial charge < -0.3 is 9.47 Å². The van der Waals surface area contributed by atoms with Crippen LogP contribution < -0.4 is 0 Å². The summed E-state index contributed by atoms with van der Waals surface area (Å²) < 4.78 is 157. The molecule has 30 heavy (non-hydrogen) atoms. The first-order chi connectivity index (χ1) is 12.8. The molecule has 3 atom stereocenters. The highest BCUT2D eigenvalue weighted by molar-refractivity contribution is 6.29. The van der Waals surface area contributed by atoms with Crippen LogP contribution in [0, 0.1) is 0 Å². The van der Waals surface area contributed by atoms with Crippen molar-refractivity contribution < 1.29 is 62.6 Å². The standard InChI is InChI=1S/C15H18ClF11O3/c1-7(16)8(28)29-6-11(18,13(20,21)22)10(4,5)30-15(26,27)12(19,9(2,3)17)14(23,24)25/h7H,6H2,1-5H3. The molecule has 0 fully saturated rings. The number of esters is 1. The van der Waals surface area contributed by atoms with Crippen LogP contribution >= 0.6 is 11.6 Å². The molecular formula is C15H18ClF11O3. The molecule has 0 saturated heterocycles. The van der Waals surface area contributed by atoms with Crippen LogP contribution in [0.15, 0.2) is 0 Å². The van der Waals surface area contributed by atoms with Crippen LogP contribution in [-0.2, 0) is 14.3 Å². The summed E-state index contributed by atoms with van der Waals surface area (Å²) in [6.45, 7) is -2.21. The molecule has 0 aliphatic carbocycles. The number of carbonyl (C=O) groups excluding carboxylic acids is 1. The summed E-state index contributed by atoms with van der Waals surface area (Å²) in [7, 11) is 0. The van der Waals surface area contributed by atoms with Gasteiger partial charge in [0, 0.05) is 0 Å². The van der Waals surface area contributed by atoms with E-state index in [1.165, 1.54) is 0 Å². The van der Waals surface area contributed by atoms with E-state index in [1.54, 1.807) is 0 Å². The van der Waals surface area contributed by atoms with E-state index in [9.17, 15) is 53.1 Å².